The smallest absolute Gasteiger partial charge is 0.353 e. The zero-order chi connectivity index (χ0) is 12.7. The molecule has 0 bridgehead atoms. The lowest BCUT2D eigenvalue weighted by atomic mass is 10.4. The van der Waals surface area contributed by atoms with Crippen molar-refractivity contribution in [3.05, 3.63) is 0 Å². The molecule has 0 aliphatic carbocycles. The summed E-state index contributed by atoms with van der Waals surface area (Å²) >= 11 is 0. The Bertz CT molecular complexity index is 229. The van der Waals surface area contributed by atoms with Gasteiger partial charge < -0.3 is 4.74 Å². The molecule has 0 aromatic carbocycles. The van der Waals surface area contributed by atoms with Gasteiger partial charge in [0.2, 0.25) is 0 Å². The first-order valence-electron chi connectivity index (χ1n) is 5.54. The summed E-state index contributed by atoms with van der Waals surface area (Å²) in [6.07, 6.45) is 1.77. The van der Waals surface area contributed by atoms with Crippen LogP contribution in [0.3, 0.4) is 0 Å². The highest BCUT2D eigenvalue weighted by Crippen LogP contribution is 2.52. The second kappa shape index (κ2) is 7.41. The molecule has 1 unspecified atom stereocenters. The molecular weight excluding hydrogens is 231 g/mol. The lowest BCUT2D eigenvalue weighted by Crippen LogP contribution is -2.26. The van der Waals surface area contributed by atoms with Crippen LogP contribution in [0.4, 0.5) is 0 Å². The molecule has 0 spiro atoms. The van der Waals surface area contributed by atoms with Crippen molar-refractivity contribution in [3.8, 4) is 0 Å². The van der Waals surface area contributed by atoms with Gasteiger partial charge in [-0.15, -0.1) is 0 Å². The van der Waals surface area contributed by atoms with Gasteiger partial charge in [-0.3, -0.25) is 13.6 Å². The van der Waals surface area contributed by atoms with Crippen molar-refractivity contribution in [1.29, 1.82) is 0 Å². The molecule has 0 aliphatic rings. The highest BCUT2D eigenvalue weighted by atomic mass is 31.2. The zero-order valence-corrected chi connectivity index (χ0v) is 11.7. The van der Waals surface area contributed by atoms with E-state index in [0.717, 1.165) is 12.8 Å². The molecule has 0 aliphatic heterocycles. The van der Waals surface area contributed by atoms with Crippen molar-refractivity contribution in [2.24, 2.45) is 0 Å². The molecular formula is C10H23O5P. The summed E-state index contributed by atoms with van der Waals surface area (Å²) in [6.45, 7) is 7.69. The summed E-state index contributed by atoms with van der Waals surface area (Å²) in [4.78, 5) is 0. The van der Waals surface area contributed by atoms with E-state index in [-0.39, 0.29) is 6.61 Å². The molecule has 0 saturated carbocycles. The summed E-state index contributed by atoms with van der Waals surface area (Å²) < 4.78 is 32.6. The van der Waals surface area contributed by atoms with Gasteiger partial charge in [0.25, 0.3) is 0 Å². The number of rotatable bonds is 9. The maximum atomic E-state index is 12.1. The second-order valence-corrected chi connectivity index (χ2v) is 5.34. The van der Waals surface area contributed by atoms with E-state index in [1.807, 2.05) is 6.92 Å². The van der Waals surface area contributed by atoms with Crippen molar-refractivity contribution >= 4 is 7.82 Å². The predicted octanol–water partition coefficient (Wildman–Crippen LogP) is 3.35. The molecule has 0 aromatic heterocycles. The molecule has 98 valence electrons. The van der Waals surface area contributed by atoms with Crippen LogP contribution in [0.2, 0.25) is 0 Å². The number of ether oxygens (including phenoxy) is 1. The molecule has 0 rings (SSSR count). The normalized spacial score (nSPS) is 16.1. The molecule has 0 amide bonds. The van der Waals surface area contributed by atoms with Crippen LogP contribution in [0, 0.1) is 0 Å². The minimum Gasteiger partial charge on any atom is -0.353 e. The Labute approximate surface area is 98.0 Å². The first-order chi connectivity index (χ1) is 7.39. The third-order valence-electron chi connectivity index (χ3n) is 1.86. The summed E-state index contributed by atoms with van der Waals surface area (Å²) in [5.74, 6) is -0.989. The van der Waals surface area contributed by atoms with Crippen LogP contribution < -0.4 is 0 Å². The number of phosphoric acid groups is 1. The third kappa shape index (κ3) is 6.61. The third-order valence-corrected chi connectivity index (χ3v) is 3.59. The fourth-order valence-corrected chi connectivity index (χ4v) is 2.34. The quantitative estimate of drug-likeness (QED) is 0.359. The molecule has 0 aromatic rings. The van der Waals surface area contributed by atoms with E-state index in [9.17, 15) is 4.57 Å². The van der Waals surface area contributed by atoms with Crippen LogP contribution in [-0.4, -0.2) is 26.1 Å². The minimum atomic E-state index is -3.51. The summed E-state index contributed by atoms with van der Waals surface area (Å²) in [5, 5.41) is 0. The van der Waals surface area contributed by atoms with Crippen molar-refractivity contribution in [3.63, 3.8) is 0 Å². The molecule has 0 radical (unpaired) electrons. The summed E-state index contributed by atoms with van der Waals surface area (Å²) in [7, 11) is -2.04. The van der Waals surface area contributed by atoms with Crippen LogP contribution >= 0.6 is 7.82 Å². The first-order valence-corrected chi connectivity index (χ1v) is 7.00. The highest BCUT2D eigenvalue weighted by Gasteiger charge is 2.34. The number of hydrogen-bond acceptors (Lipinski definition) is 5. The van der Waals surface area contributed by atoms with Crippen LogP contribution in [-0.2, 0) is 22.9 Å². The fraction of sp³-hybridized carbons (Fsp3) is 1.00. The number of unbranched alkanes of at least 4 members (excludes halogenated alkanes) is 1. The summed E-state index contributed by atoms with van der Waals surface area (Å²) in [5.41, 5.74) is 0. The largest absolute Gasteiger partial charge is 0.477 e. The number of methoxy groups -OCH3 is 1. The maximum Gasteiger partial charge on any atom is 0.477 e. The average Bonchev–Trinajstić information content (AvgIpc) is 2.17. The van der Waals surface area contributed by atoms with E-state index in [1.54, 1.807) is 20.8 Å². The van der Waals surface area contributed by atoms with Gasteiger partial charge in [0.15, 0.2) is 5.79 Å². The molecule has 6 heteroatoms. The monoisotopic (exact) mass is 254 g/mol. The number of phosphoric ester groups is 1. The fourth-order valence-electron chi connectivity index (χ4n) is 0.875. The minimum absolute atomic E-state index is 0.267. The van der Waals surface area contributed by atoms with E-state index >= 15 is 0 Å². The Morgan fingerprint density at radius 2 is 1.81 bits per heavy atom. The molecule has 16 heavy (non-hydrogen) atoms. The average molecular weight is 254 g/mol. The van der Waals surface area contributed by atoms with Gasteiger partial charge in [0, 0.05) is 7.11 Å². The standard InChI is InChI=1S/C10H23O5P/c1-6-8-9-14-16(11,13-7-2)15-10(3,4)12-5/h6-9H2,1-5H3. The summed E-state index contributed by atoms with van der Waals surface area (Å²) in [6, 6.07) is 0. The maximum absolute atomic E-state index is 12.1. The lowest BCUT2D eigenvalue weighted by Gasteiger charge is -2.27. The van der Waals surface area contributed by atoms with E-state index in [2.05, 4.69) is 0 Å². The van der Waals surface area contributed by atoms with Gasteiger partial charge in [-0.25, -0.2) is 4.57 Å². The Kier molecular flexibility index (Phi) is 7.44. The predicted molar refractivity (Wildman–Crippen MR) is 62.3 cm³/mol. The Morgan fingerprint density at radius 3 is 2.25 bits per heavy atom. The van der Waals surface area contributed by atoms with Crippen LogP contribution in [0.25, 0.3) is 0 Å². The van der Waals surface area contributed by atoms with E-state index < -0.39 is 13.6 Å². The Morgan fingerprint density at radius 1 is 1.19 bits per heavy atom. The zero-order valence-electron chi connectivity index (χ0n) is 10.8. The van der Waals surface area contributed by atoms with Gasteiger partial charge in [-0.1, -0.05) is 13.3 Å². The Balaban J connectivity index is 4.38. The second-order valence-electron chi connectivity index (χ2n) is 3.75. The van der Waals surface area contributed by atoms with Crippen molar-refractivity contribution in [2.75, 3.05) is 20.3 Å². The molecule has 5 nitrogen and oxygen atoms in total. The van der Waals surface area contributed by atoms with Gasteiger partial charge in [0.05, 0.1) is 13.2 Å². The highest BCUT2D eigenvalue weighted by molar-refractivity contribution is 7.48. The van der Waals surface area contributed by atoms with Crippen LogP contribution in [0.5, 0.6) is 0 Å². The topological polar surface area (TPSA) is 54.0 Å². The van der Waals surface area contributed by atoms with Crippen molar-refractivity contribution < 1.29 is 22.9 Å². The molecule has 0 fully saturated rings. The Hall–Kier alpha value is 0.0700. The van der Waals surface area contributed by atoms with Crippen LogP contribution in [0.1, 0.15) is 40.5 Å². The van der Waals surface area contributed by atoms with Crippen molar-refractivity contribution in [1.82, 2.24) is 0 Å². The van der Waals surface area contributed by atoms with E-state index in [1.165, 1.54) is 7.11 Å². The molecule has 0 N–H and O–H groups in total. The van der Waals surface area contributed by atoms with E-state index in [0.29, 0.717) is 6.61 Å². The number of hydrogen-bond donors (Lipinski definition) is 0. The lowest BCUT2D eigenvalue weighted by molar-refractivity contribution is -0.150. The van der Waals surface area contributed by atoms with Gasteiger partial charge in [0.1, 0.15) is 0 Å². The SMILES string of the molecule is CCCCOP(=O)(OCC)OC(C)(C)OC. The van der Waals surface area contributed by atoms with Crippen molar-refractivity contribution in [2.45, 2.75) is 46.3 Å². The first kappa shape index (κ1) is 16.1. The molecule has 1 atom stereocenters. The molecule has 0 heterocycles. The van der Waals surface area contributed by atoms with Gasteiger partial charge >= 0.3 is 7.82 Å². The van der Waals surface area contributed by atoms with Crippen LogP contribution in [0.15, 0.2) is 0 Å². The van der Waals surface area contributed by atoms with Gasteiger partial charge in [-0.2, -0.15) is 0 Å². The van der Waals surface area contributed by atoms with E-state index in [4.69, 9.17) is 18.3 Å². The molecule has 0 saturated heterocycles. The van der Waals surface area contributed by atoms with Gasteiger partial charge in [-0.05, 0) is 27.2 Å².